The van der Waals surface area contributed by atoms with Crippen molar-refractivity contribution in [3.63, 3.8) is 0 Å². The van der Waals surface area contributed by atoms with Crippen LogP contribution in [-0.2, 0) is 14.3 Å². The maximum absolute atomic E-state index is 12.4. The topological polar surface area (TPSA) is 47.6 Å². The van der Waals surface area contributed by atoms with Gasteiger partial charge in [0.25, 0.3) is 0 Å². The van der Waals surface area contributed by atoms with E-state index >= 15 is 0 Å². The van der Waals surface area contributed by atoms with E-state index < -0.39 is 5.54 Å². The van der Waals surface area contributed by atoms with Crippen molar-refractivity contribution in [1.29, 1.82) is 0 Å². The predicted octanol–water partition coefficient (Wildman–Crippen LogP) is 3.25. The van der Waals surface area contributed by atoms with E-state index in [1.54, 1.807) is 6.07 Å². The average Bonchev–Trinajstić information content (AvgIpc) is 2.68. The van der Waals surface area contributed by atoms with Gasteiger partial charge in [0.2, 0.25) is 0 Å². The Morgan fingerprint density at radius 3 is 2.95 bits per heavy atom. The average molecular weight is 298 g/mol. The maximum atomic E-state index is 12.4. The first-order valence-electron chi connectivity index (χ1n) is 6.95. The molecule has 20 heavy (non-hydrogen) atoms. The zero-order valence-electron chi connectivity index (χ0n) is 11.7. The molecule has 0 radical (unpaired) electrons. The van der Waals surface area contributed by atoms with E-state index in [4.69, 9.17) is 21.1 Å². The molecular formula is C15H20ClNO3. The molecule has 1 unspecified atom stereocenters. The number of hydrogen-bond donors (Lipinski definition) is 1. The van der Waals surface area contributed by atoms with Crippen LogP contribution in [-0.4, -0.2) is 31.3 Å². The summed E-state index contributed by atoms with van der Waals surface area (Å²) in [6, 6.07) is 7.42. The van der Waals surface area contributed by atoms with Gasteiger partial charge in [-0.25, -0.2) is 4.79 Å². The number of hydrogen-bond acceptors (Lipinski definition) is 4. The standard InChI is InChI=1S/C15H20ClNO3/c1-2-20-14(18)15(8-5-10-19-11-9-15)17-13-7-4-3-6-12(13)16/h3-4,6-7,17H,2,5,8-11H2,1H3. The Balaban J connectivity index is 2.26. The summed E-state index contributed by atoms with van der Waals surface area (Å²) in [6.07, 6.45) is 2.07. The number of nitrogens with one attached hydrogen (secondary N) is 1. The minimum Gasteiger partial charge on any atom is -0.464 e. The summed E-state index contributed by atoms with van der Waals surface area (Å²) in [5.74, 6) is -0.231. The third kappa shape index (κ3) is 3.44. The second-order valence-corrected chi connectivity index (χ2v) is 5.28. The van der Waals surface area contributed by atoms with Crippen molar-refractivity contribution in [3.05, 3.63) is 29.3 Å². The Labute approximate surface area is 124 Å². The van der Waals surface area contributed by atoms with E-state index in [0.717, 1.165) is 12.1 Å². The van der Waals surface area contributed by atoms with Crippen LogP contribution in [0, 0.1) is 0 Å². The van der Waals surface area contributed by atoms with Crippen LogP contribution in [0.4, 0.5) is 5.69 Å². The second-order valence-electron chi connectivity index (χ2n) is 4.87. The van der Waals surface area contributed by atoms with Crippen molar-refractivity contribution >= 4 is 23.3 Å². The third-order valence-corrected chi connectivity index (χ3v) is 3.81. The minimum absolute atomic E-state index is 0.231. The van der Waals surface area contributed by atoms with E-state index in [-0.39, 0.29) is 5.97 Å². The van der Waals surface area contributed by atoms with Crippen molar-refractivity contribution in [3.8, 4) is 0 Å². The SMILES string of the molecule is CCOC(=O)C1(Nc2ccccc2Cl)CCCOCC1. The van der Waals surface area contributed by atoms with Gasteiger partial charge in [0.15, 0.2) is 0 Å². The lowest BCUT2D eigenvalue weighted by Crippen LogP contribution is -2.48. The van der Waals surface area contributed by atoms with Gasteiger partial charge in [-0.2, -0.15) is 0 Å². The van der Waals surface area contributed by atoms with Crippen molar-refractivity contribution in [2.45, 2.75) is 31.7 Å². The molecule has 0 saturated carbocycles. The summed E-state index contributed by atoms with van der Waals surface area (Å²) in [5, 5.41) is 3.90. The van der Waals surface area contributed by atoms with Gasteiger partial charge in [0.05, 0.1) is 17.3 Å². The molecule has 1 fully saturated rings. The lowest BCUT2D eigenvalue weighted by molar-refractivity contribution is -0.149. The van der Waals surface area contributed by atoms with Crippen LogP contribution in [0.3, 0.4) is 0 Å². The predicted molar refractivity (Wildman–Crippen MR) is 79.1 cm³/mol. The molecule has 110 valence electrons. The summed E-state index contributed by atoms with van der Waals surface area (Å²) in [5.41, 5.74) is 0.00134. The van der Waals surface area contributed by atoms with Crippen LogP contribution >= 0.6 is 11.6 Å². The largest absolute Gasteiger partial charge is 0.464 e. The molecule has 1 aliphatic heterocycles. The molecule has 1 atom stereocenters. The number of ether oxygens (including phenoxy) is 2. The molecular weight excluding hydrogens is 278 g/mol. The molecule has 1 aliphatic rings. The van der Waals surface area contributed by atoms with Gasteiger partial charge in [-0.05, 0) is 31.9 Å². The van der Waals surface area contributed by atoms with Gasteiger partial charge >= 0.3 is 5.97 Å². The maximum Gasteiger partial charge on any atom is 0.331 e. The summed E-state index contributed by atoms with van der Waals surface area (Å²) < 4.78 is 10.7. The number of benzene rings is 1. The van der Waals surface area contributed by atoms with Gasteiger partial charge in [-0.1, -0.05) is 23.7 Å². The van der Waals surface area contributed by atoms with Crippen LogP contribution in [0.25, 0.3) is 0 Å². The van der Waals surface area contributed by atoms with Crippen LogP contribution in [0.5, 0.6) is 0 Å². The van der Waals surface area contributed by atoms with E-state index in [1.807, 2.05) is 25.1 Å². The van der Waals surface area contributed by atoms with Crippen molar-refractivity contribution in [2.75, 3.05) is 25.1 Å². The normalized spacial score (nSPS) is 22.9. The number of halogens is 1. The molecule has 4 nitrogen and oxygen atoms in total. The fraction of sp³-hybridized carbons (Fsp3) is 0.533. The zero-order valence-corrected chi connectivity index (χ0v) is 12.4. The van der Waals surface area contributed by atoms with Crippen LogP contribution < -0.4 is 5.32 Å². The quantitative estimate of drug-likeness (QED) is 0.867. The molecule has 2 rings (SSSR count). The summed E-state index contributed by atoms with van der Waals surface area (Å²) in [7, 11) is 0. The number of anilines is 1. The van der Waals surface area contributed by atoms with Crippen molar-refractivity contribution < 1.29 is 14.3 Å². The van der Waals surface area contributed by atoms with Gasteiger partial charge < -0.3 is 14.8 Å². The fourth-order valence-electron chi connectivity index (χ4n) is 2.42. The summed E-state index contributed by atoms with van der Waals surface area (Å²) >= 11 is 6.18. The second kappa shape index (κ2) is 6.95. The van der Waals surface area contributed by atoms with Gasteiger partial charge in [0.1, 0.15) is 5.54 Å². The van der Waals surface area contributed by atoms with E-state index in [2.05, 4.69) is 5.32 Å². The molecule has 0 spiro atoms. The highest BCUT2D eigenvalue weighted by Gasteiger charge is 2.40. The van der Waals surface area contributed by atoms with Crippen LogP contribution in [0.2, 0.25) is 5.02 Å². The van der Waals surface area contributed by atoms with E-state index in [1.165, 1.54) is 0 Å². The number of esters is 1. The lowest BCUT2D eigenvalue weighted by Gasteiger charge is -2.32. The molecule has 1 heterocycles. The highest BCUT2D eigenvalue weighted by molar-refractivity contribution is 6.33. The van der Waals surface area contributed by atoms with Gasteiger partial charge in [-0.15, -0.1) is 0 Å². The number of carbonyl (C=O) groups excluding carboxylic acids is 1. The number of para-hydroxylation sites is 1. The van der Waals surface area contributed by atoms with Crippen molar-refractivity contribution in [2.24, 2.45) is 0 Å². The minimum atomic E-state index is -0.752. The smallest absolute Gasteiger partial charge is 0.331 e. The first-order valence-corrected chi connectivity index (χ1v) is 7.33. The molecule has 0 aliphatic carbocycles. The monoisotopic (exact) mass is 297 g/mol. The zero-order chi connectivity index (χ0) is 14.4. The Kier molecular flexibility index (Phi) is 5.26. The molecule has 0 aromatic heterocycles. The Bertz CT molecular complexity index is 456. The molecule has 1 N–H and O–H groups in total. The first-order chi connectivity index (χ1) is 9.68. The first kappa shape index (κ1) is 15.1. The highest BCUT2D eigenvalue weighted by atomic mass is 35.5. The lowest BCUT2D eigenvalue weighted by atomic mass is 9.90. The molecule has 0 amide bonds. The molecule has 1 saturated heterocycles. The van der Waals surface area contributed by atoms with Gasteiger partial charge in [0, 0.05) is 19.6 Å². The molecule has 5 heteroatoms. The molecule has 0 bridgehead atoms. The molecule has 1 aromatic rings. The summed E-state index contributed by atoms with van der Waals surface area (Å²) in [4.78, 5) is 12.4. The Morgan fingerprint density at radius 1 is 1.40 bits per heavy atom. The fourth-order valence-corrected chi connectivity index (χ4v) is 2.60. The van der Waals surface area contributed by atoms with Crippen LogP contribution in [0.15, 0.2) is 24.3 Å². The molecule has 1 aromatic carbocycles. The van der Waals surface area contributed by atoms with E-state index in [0.29, 0.717) is 37.7 Å². The van der Waals surface area contributed by atoms with Crippen molar-refractivity contribution in [1.82, 2.24) is 0 Å². The number of carbonyl (C=O) groups is 1. The Morgan fingerprint density at radius 2 is 2.20 bits per heavy atom. The van der Waals surface area contributed by atoms with E-state index in [9.17, 15) is 4.79 Å². The summed E-state index contributed by atoms with van der Waals surface area (Å²) in [6.45, 7) is 3.39. The number of rotatable bonds is 4. The van der Waals surface area contributed by atoms with Crippen LogP contribution in [0.1, 0.15) is 26.2 Å². The highest BCUT2D eigenvalue weighted by Crippen LogP contribution is 2.31. The Hall–Kier alpha value is -1.26. The third-order valence-electron chi connectivity index (χ3n) is 3.48. The van der Waals surface area contributed by atoms with Gasteiger partial charge in [-0.3, -0.25) is 0 Å².